The fourth-order valence-corrected chi connectivity index (χ4v) is 2.28. The second kappa shape index (κ2) is 4.20. The minimum atomic E-state index is 0.536. The quantitative estimate of drug-likeness (QED) is 0.686. The van der Waals surface area contributed by atoms with Crippen molar-refractivity contribution in [2.45, 2.75) is 39.2 Å². The van der Waals surface area contributed by atoms with Crippen molar-refractivity contribution < 1.29 is 0 Å². The topological polar surface area (TPSA) is 27.6 Å². The van der Waals surface area contributed by atoms with Gasteiger partial charge in [0.25, 0.3) is 0 Å². The van der Waals surface area contributed by atoms with Gasteiger partial charge in [-0.15, -0.1) is 0 Å². The van der Waals surface area contributed by atoms with Gasteiger partial charge in [-0.05, 0) is 25.7 Å². The van der Waals surface area contributed by atoms with E-state index in [0.717, 1.165) is 18.4 Å². The van der Waals surface area contributed by atoms with Gasteiger partial charge in [-0.3, -0.25) is 4.99 Å². The van der Waals surface area contributed by atoms with Gasteiger partial charge in [0.2, 0.25) is 0 Å². The highest BCUT2D eigenvalue weighted by Crippen LogP contribution is 2.20. The van der Waals surface area contributed by atoms with Crippen LogP contribution in [0.2, 0.25) is 0 Å². The molecule has 2 rings (SSSR count). The summed E-state index contributed by atoms with van der Waals surface area (Å²) in [5, 5.41) is 3.43. The van der Waals surface area contributed by atoms with E-state index in [1.807, 2.05) is 0 Å². The Bertz CT molecular complexity index is 217. The van der Waals surface area contributed by atoms with Gasteiger partial charge in [0.05, 0.1) is 6.54 Å². The number of hydrogen-bond acceptors (Lipinski definition) is 3. The van der Waals surface area contributed by atoms with Gasteiger partial charge in [0.1, 0.15) is 0 Å². The van der Waals surface area contributed by atoms with Gasteiger partial charge in [0, 0.05) is 19.1 Å². The number of likely N-dealkylation sites (tertiary alicyclic amines) is 1. The first-order chi connectivity index (χ1) is 6.79. The fraction of sp³-hybridized carbons (Fsp3) is 0.909. The number of hydrogen-bond donors (Lipinski definition) is 1. The Kier molecular flexibility index (Phi) is 2.94. The summed E-state index contributed by atoms with van der Waals surface area (Å²) in [7, 11) is 0. The molecule has 0 aromatic rings. The number of aliphatic imine (C=N–C) groups is 1. The van der Waals surface area contributed by atoms with Crippen LogP contribution < -0.4 is 5.32 Å². The average molecular weight is 195 g/mol. The predicted molar refractivity (Wildman–Crippen MR) is 59.5 cm³/mol. The number of piperidine rings is 1. The maximum absolute atomic E-state index is 4.52. The summed E-state index contributed by atoms with van der Waals surface area (Å²) >= 11 is 0. The molecule has 0 aromatic carbocycles. The Balaban J connectivity index is 1.84. The minimum absolute atomic E-state index is 0.536. The lowest BCUT2D eigenvalue weighted by molar-refractivity contribution is 0.256. The molecule has 2 heterocycles. The van der Waals surface area contributed by atoms with Gasteiger partial charge in [-0.1, -0.05) is 13.3 Å². The first-order valence-corrected chi connectivity index (χ1v) is 5.85. The third-order valence-electron chi connectivity index (χ3n) is 3.38. The summed E-state index contributed by atoms with van der Waals surface area (Å²) in [4.78, 5) is 6.94. The van der Waals surface area contributed by atoms with Crippen LogP contribution in [0.4, 0.5) is 0 Å². The molecule has 0 radical (unpaired) electrons. The number of nitrogens with one attached hydrogen (secondary N) is 1. The molecule has 14 heavy (non-hydrogen) atoms. The van der Waals surface area contributed by atoms with Crippen LogP contribution in [0.5, 0.6) is 0 Å². The molecule has 2 aliphatic heterocycles. The van der Waals surface area contributed by atoms with E-state index < -0.39 is 0 Å². The van der Waals surface area contributed by atoms with E-state index in [4.69, 9.17) is 0 Å². The molecule has 0 bridgehead atoms. The zero-order chi connectivity index (χ0) is 9.97. The van der Waals surface area contributed by atoms with Crippen molar-refractivity contribution in [2.75, 3.05) is 19.6 Å². The molecule has 1 atom stereocenters. The van der Waals surface area contributed by atoms with Crippen LogP contribution in [0.1, 0.15) is 33.1 Å². The van der Waals surface area contributed by atoms with Crippen molar-refractivity contribution in [2.24, 2.45) is 10.9 Å². The van der Waals surface area contributed by atoms with Crippen LogP contribution in [0.15, 0.2) is 4.99 Å². The first-order valence-electron chi connectivity index (χ1n) is 5.85. The Morgan fingerprint density at radius 1 is 1.43 bits per heavy atom. The Labute approximate surface area is 86.6 Å². The second-order valence-electron chi connectivity index (χ2n) is 4.55. The van der Waals surface area contributed by atoms with E-state index in [1.165, 1.54) is 32.4 Å². The highest BCUT2D eigenvalue weighted by atomic mass is 15.3. The van der Waals surface area contributed by atoms with Crippen LogP contribution in [0.3, 0.4) is 0 Å². The average Bonchev–Trinajstić information content (AvgIpc) is 2.65. The van der Waals surface area contributed by atoms with Gasteiger partial charge in [0.15, 0.2) is 5.96 Å². The van der Waals surface area contributed by atoms with Gasteiger partial charge in [-0.25, -0.2) is 0 Å². The standard InChI is InChI=1S/C11H21N3/c1-3-10-4-6-14(7-5-10)11-12-8-9(2)13-11/h9-10H,3-8H2,1-2H3,(H,12,13). The van der Waals surface area contributed by atoms with E-state index in [0.29, 0.717) is 6.04 Å². The molecular weight excluding hydrogens is 174 g/mol. The van der Waals surface area contributed by atoms with E-state index in [1.54, 1.807) is 0 Å². The van der Waals surface area contributed by atoms with Gasteiger partial charge in [-0.2, -0.15) is 0 Å². The van der Waals surface area contributed by atoms with E-state index >= 15 is 0 Å². The zero-order valence-corrected chi connectivity index (χ0v) is 9.29. The normalized spacial score (nSPS) is 28.9. The van der Waals surface area contributed by atoms with E-state index in [9.17, 15) is 0 Å². The Morgan fingerprint density at radius 3 is 2.64 bits per heavy atom. The SMILES string of the molecule is CCC1CCN(C2=NCC(C)N2)CC1. The lowest BCUT2D eigenvalue weighted by atomic mass is 9.95. The molecule has 3 nitrogen and oxygen atoms in total. The van der Waals surface area contributed by atoms with Gasteiger partial charge < -0.3 is 10.2 Å². The lowest BCUT2D eigenvalue weighted by Gasteiger charge is -2.33. The van der Waals surface area contributed by atoms with Crippen molar-refractivity contribution in [1.82, 2.24) is 10.2 Å². The number of rotatable bonds is 1. The third kappa shape index (κ3) is 2.02. The molecule has 1 unspecified atom stereocenters. The predicted octanol–water partition coefficient (Wildman–Crippen LogP) is 1.46. The largest absolute Gasteiger partial charge is 0.352 e. The molecule has 80 valence electrons. The molecule has 1 fully saturated rings. The third-order valence-corrected chi connectivity index (χ3v) is 3.38. The molecule has 0 amide bonds. The maximum atomic E-state index is 4.52. The highest BCUT2D eigenvalue weighted by Gasteiger charge is 2.23. The summed E-state index contributed by atoms with van der Waals surface area (Å²) in [6.45, 7) is 7.82. The molecule has 3 heteroatoms. The maximum Gasteiger partial charge on any atom is 0.194 e. The molecule has 2 aliphatic rings. The number of guanidine groups is 1. The van der Waals surface area contributed by atoms with Crippen molar-refractivity contribution >= 4 is 5.96 Å². The van der Waals surface area contributed by atoms with Crippen LogP contribution in [0.25, 0.3) is 0 Å². The number of nitrogens with zero attached hydrogens (tertiary/aromatic N) is 2. The summed E-state index contributed by atoms with van der Waals surface area (Å²) < 4.78 is 0. The summed E-state index contributed by atoms with van der Waals surface area (Å²) in [6, 6.07) is 0.536. The van der Waals surface area contributed by atoms with Gasteiger partial charge >= 0.3 is 0 Å². The molecule has 1 saturated heterocycles. The second-order valence-corrected chi connectivity index (χ2v) is 4.55. The van der Waals surface area contributed by atoms with Crippen molar-refractivity contribution in [3.05, 3.63) is 0 Å². The summed E-state index contributed by atoms with van der Waals surface area (Å²) in [5.74, 6) is 2.10. The zero-order valence-electron chi connectivity index (χ0n) is 9.29. The van der Waals surface area contributed by atoms with E-state index in [-0.39, 0.29) is 0 Å². The van der Waals surface area contributed by atoms with Crippen molar-refractivity contribution in [3.63, 3.8) is 0 Å². The lowest BCUT2D eigenvalue weighted by Crippen LogP contribution is -2.45. The molecule has 0 saturated carbocycles. The van der Waals surface area contributed by atoms with E-state index in [2.05, 4.69) is 29.1 Å². The fourth-order valence-electron chi connectivity index (χ4n) is 2.28. The molecule has 0 aromatic heterocycles. The summed E-state index contributed by atoms with van der Waals surface area (Å²) in [5.41, 5.74) is 0. The van der Waals surface area contributed by atoms with Crippen LogP contribution in [0, 0.1) is 5.92 Å². The minimum Gasteiger partial charge on any atom is -0.352 e. The molecule has 0 aliphatic carbocycles. The van der Waals surface area contributed by atoms with Crippen molar-refractivity contribution in [3.8, 4) is 0 Å². The molecule has 0 spiro atoms. The Morgan fingerprint density at radius 2 is 2.14 bits per heavy atom. The smallest absolute Gasteiger partial charge is 0.194 e. The van der Waals surface area contributed by atoms with Crippen LogP contribution in [-0.4, -0.2) is 36.5 Å². The van der Waals surface area contributed by atoms with Crippen LogP contribution in [-0.2, 0) is 0 Å². The first kappa shape index (κ1) is 9.81. The Hall–Kier alpha value is -0.730. The van der Waals surface area contributed by atoms with Crippen LogP contribution >= 0.6 is 0 Å². The summed E-state index contributed by atoms with van der Waals surface area (Å²) in [6.07, 6.45) is 4.02. The monoisotopic (exact) mass is 195 g/mol. The highest BCUT2D eigenvalue weighted by molar-refractivity contribution is 5.81. The molecule has 1 N–H and O–H groups in total. The molecular formula is C11H21N3. The van der Waals surface area contributed by atoms with Crippen molar-refractivity contribution in [1.29, 1.82) is 0 Å².